The molecule has 30 heavy (non-hydrogen) atoms. The van der Waals surface area contributed by atoms with E-state index < -0.39 is 5.54 Å². The largest absolute Gasteiger partial charge is 0.496 e. The lowest BCUT2D eigenvalue weighted by atomic mass is 9.83. The van der Waals surface area contributed by atoms with Gasteiger partial charge in [0, 0.05) is 19.0 Å². The van der Waals surface area contributed by atoms with Gasteiger partial charge in [-0.2, -0.15) is 5.26 Å². The molecular weight excluding hydrogens is 378 g/mol. The van der Waals surface area contributed by atoms with Crippen molar-refractivity contribution in [3.05, 3.63) is 70.9 Å². The molecule has 0 spiro atoms. The predicted molar refractivity (Wildman–Crippen MR) is 114 cm³/mol. The Kier molecular flexibility index (Phi) is 5.93. The molecule has 6 nitrogen and oxygen atoms in total. The first-order valence-electron chi connectivity index (χ1n) is 9.81. The molecule has 3 rings (SSSR count). The lowest BCUT2D eigenvalue weighted by Gasteiger charge is -2.44. The summed E-state index contributed by atoms with van der Waals surface area (Å²) in [4.78, 5) is 28.2. The van der Waals surface area contributed by atoms with Crippen LogP contribution in [0.5, 0.6) is 5.75 Å². The number of likely N-dealkylation sites (N-methyl/N-ethyl adjacent to an activating group) is 1. The normalized spacial score (nSPS) is 20.4. The molecule has 0 aliphatic carbocycles. The zero-order chi connectivity index (χ0) is 21.9. The van der Waals surface area contributed by atoms with Crippen LogP contribution in [0.3, 0.4) is 0 Å². The number of benzene rings is 2. The van der Waals surface area contributed by atoms with Gasteiger partial charge in [0.05, 0.1) is 18.7 Å². The molecule has 1 fully saturated rings. The van der Waals surface area contributed by atoms with Crippen LogP contribution in [0, 0.1) is 11.3 Å². The summed E-state index contributed by atoms with van der Waals surface area (Å²) < 4.78 is 5.41. The molecular formula is C24H25N3O3. The molecule has 6 heteroatoms. The molecule has 1 saturated heterocycles. The van der Waals surface area contributed by atoms with E-state index in [1.165, 1.54) is 12.0 Å². The maximum atomic E-state index is 13.4. The van der Waals surface area contributed by atoms with Crippen molar-refractivity contribution in [1.82, 2.24) is 10.2 Å². The number of piperazine rings is 1. The molecule has 1 N–H and O–H groups in total. The predicted octanol–water partition coefficient (Wildman–Crippen LogP) is 3.28. The number of nitriles is 1. The molecule has 1 unspecified atom stereocenters. The van der Waals surface area contributed by atoms with Gasteiger partial charge < -0.3 is 15.0 Å². The minimum atomic E-state index is -0.985. The number of carbonyl (C=O) groups excluding carboxylic acids is 2. The van der Waals surface area contributed by atoms with Crippen molar-refractivity contribution < 1.29 is 14.3 Å². The second-order valence-corrected chi connectivity index (χ2v) is 7.36. The van der Waals surface area contributed by atoms with Crippen LogP contribution in [0.25, 0.3) is 5.57 Å². The number of methoxy groups -OCH3 is 1. The van der Waals surface area contributed by atoms with E-state index in [2.05, 4.69) is 11.4 Å². The van der Waals surface area contributed by atoms with Gasteiger partial charge in [0.15, 0.2) is 0 Å². The minimum absolute atomic E-state index is 0.167. The van der Waals surface area contributed by atoms with Crippen molar-refractivity contribution in [3.63, 3.8) is 0 Å². The number of allylic oxidation sites excluding steroid dienone is 1. The van der Waals surface area contributed by atoms with Gasteiger partial charge in [-0.05, 0) is 36.6 Å². The smallest absolute Gasteiger partial charge is 0.271 e. The highest BCUT2D eigenvalue weighted by Gasteiger charge is 2.48. The third-order valence-corrected chi connectivity index (χ3v) is 5.86. The Bertz CT molecular complexity index is 1050. The molecule has 2 aromatic rings. The highest BCUT2D eigenvalue weighted by molar-refractivity contribution is 6.11. The Morgan fingerprint density at radius 2 is 1.87 bits per heavy atom. The fraction of sp³-hybridized carbons (Fsp3) is 0.292. The van der Waals surface area contributed by atoms with Crippen LogP contribution in [0.1, 0.15) is 37.0 Å². The number of nitrogens with zero attached hydrogens (tertiary/aromatic N) is 2. The third kappa shape index (κ3) is 3.43. The highest BCUT2D eigenvalue weighted by atomic mass is 16.5. The summed E-state index contributed by atoms with van der Waals surface area (Å²) >= 11 is 0. The van der Waals surface area contributed by atoms with E-state index >= 15 is 0 Å². The van der Waals surface area contributed by atoms with Gasteiger partial charge in [0.2, 0.25) is 0 Å². The number of rotatable bonds is 5. The Labute approximate surface area is 176 Å². The van der Waals surface area contributed by atoms with Crippen molar-refractivity contribution in [2.75, 3.05) is 14.2 Å². The van der Waals surface area contributed by atoms with Crippen LogP contribution in [-0.4, -0.2) is 36.4 Å². The van der Waals surface area contributed by atoms with Gasteiger partial charge >= 0.3 is 0 Å². The summed E-state index contributed by atoms with van der Waals surface area (Å²) in [7, 11) is 3.17. The molecule has 0 aromatic heterocycles. The van der Waals surface area contributed by atoms with E-state index in [1.54, 1.807) is 32.2 Å². The number of ether oxygens (including phenoxy) is 1. The van der Waals surface area contributed by atoms with Crippen molar-refractivity contribution in [3.8, 4) is 11.8 Å². The molecule has 0 bridgehead atoms. The summed E-state index contributed by atoms with van der Waals surface area (Å²) in [6.45, 7) is 3.62. The fourth-order valence-electron chi connectivity index (χ4n) is 4.01. The second kappa shape index (κ2) is 8.42. The highest BCUT2D eigenvalue weighted by Crippen LogP contribution is 2.35. The van der Waals surface area contributed by atoms with E-state index in [9.17, 15) is 14.9 Å². The quantitative estimate of drug-likeness (QED) is 0.777. The Hall–Kier alpha value is -3.59. The van der Waals surface area contributed by atoms with Crippen molar-refractivity contribution >= 4 is 17.4 Å². The van der Waals surface area contributed by atoms with Gasteiger partial charge in [0.1, 0.15) is 17.0 Å². The van der Waals surface area contributed by atoms with Crippen LogP contribution >= 0.6 is 0 Å². The van der Waals surface area contributed by atoms with Gasteiger partial charge in [-0.25, -0.2) is 0 Å². The monoisotopic (exact) mass is 403 g/mol. The number of carbonyl (C=O) groups is 2. The number of nitrogens with one attached hydrogen (secondary N) is 1. The Balaban J connectivity index is 2.08. The standard InChI is InChI=1S/C24H25N3O3/c1-5-24(14-17-10-7-6-8-11-17)23(29)26-21(22(28)27(24)3)16(2)20-18(15-25)12-9-13-19(20)30-4/h6-13H,5,14H2,1-4H3,(H,26,29). The Morgan fingerprint density at radius 1 is 1.17 bits per heavy atom. The van der Waals surface area contributed by atoms with Gasteiger partial charge in [-0.3, -0.25) is 9.59 Å². The number of amides is 2. The zero-order valence-corrected chi connectivity index (χ0v) is 17.7. The molecule has 1 heterocycles. The summed E-state index contributed by atoms with van der Waals surface area (Å²) in [5, 5.41) is 12.4. The maximum absolute atomic E-state index is 13.4. The van der Waals surface area contributed by atoms with Gasteiger partial charge in [-0.15, -0.1) is 0 Å². The van der Waals surface area contributed by atoms with Crippen molar-refractivity contribution in [2.45, 2.75) is 32.2 Å². The summed E-state index contributed by atoms with van der Waals surface area (Å²) in [5.74, 6) is -0.0567. The molecule has 1 aliphatic heterocycles. The maximum Gasteiger partial charge on any atom is 0.271 e. The van der Waals surface area contributed by atoms with E-state index in [-0.39, 0.29) is 17.5 Å². The third-order valence-electron chi connectivity index (χ3n) is 5.86. The van der Waals surface area contributed by atoms with E-state index in [0.29, 0.717) is 35.3 Å². The zero-order valence-electron chi connectivity index (χ0n) is 17.7. The summed E-state index contributed by atoms with van der Waals surface area (Å²) in [6.07, 6.45) is 0.892. The SMILES string of the molecule is CCC1(Cc2ccccc2)C(=O)NC(=C(C)c2c(C#N)cccc2OC)C(=O)N1C. The molecule has 1 atom stereocenters. The first-order chi connectivity index (χ1) is 14.4. The van der Waals surface area contributed by atoms with Crippen molar-refractivity contribution in [1.29, 1.82) is 5.26 Å². The number of hydrogen-bond donors (Lipinski definition) is 1. The lowest BCUT2D eigenvalue weighted by molar-refractivity contribution is -0.148. The molecule has 0 saturated carbocycles. The first kappa shape index (κ1) is 21.1. The minimum Gasteiger partial charge on any atom is -0.496 e. The Morgan fingerprint density at radius 3 is 2.47 bits per heavy atom. The summed E-state index contributed by atoms with van der Waals surface area (Å²) in [5.41, 5.74) is 1.54. The van der Waals surface area contributed by atoms with Crippen LogP contribution in [0.4, 0.5) is 0 Å². The second-order valence-electron chi connectivity index (χ2n) is 7.36. The average Bonchev–Trinajstić information content (AvgIpc) is 2.78. The van der Waals surface area contributed by atoms with E-state index in [4.69, 9.17) is 4.74 Å². The van der Waals surface area contributed by atoms with E-state index in [0.717, 1.165) is 5.56 Å². The van der Waals surface area contributed by atoms with Crippen LogP contribution in [0.2, 0.25) is 0 Å². The van der Waals surface area contributed by atoms with Crippen LogP contribution < -0.4 is 10.1 Å². The average molecular weight is 403 g/mol. The lowest BCUT2D eigenvalue weighted by Crippen LogP contribution is -2.65. The van der Waals surface area contributed by atoms with E-state index in [1.807, 2.05) is 37.3 Å². The molecule has 154 valence electrons. The van der Waals surface area contributed by atoms with Crippen LogP contribution in [-0.2, 0) is 16.0 Å². The topological polar surface area (TPSA) is 82.4 Å². The molecule has 1 aliphatic rings. The fourth-order valence-corrected chi connectivity index (χ4v) is 4.01. The molecule has 2 amide bonds. The van der Waals surface area contributed by atoms with Crippen molar-refractivity contribution in [2.24, 2.45) is 0 Å². The van der Waals surface area contributed by atoms with Gasteiger partial charge in [0.25, 0.3) is 11.8 Å². The summed E-state index contributed by atoms with van der Waals surface area (Å²) in [6, 6.07) is 16.9. The molecule has 2 aromatic carbocycles. The van der Waals surface area contributed by atoms with Crippen LogP contribution in [0.15, 0.2) is 54.2 Å². The number of hydrogen-bond acceptors (Lipinski definition) is 4. The molecule has 0 radical (unpaired) electrons. The van der Waals surface area contributed by atoms with Gasteiger partial charge in [-0.1, -0.05) is 43.3 Å². The first-order valence-corrected chi connectivity index (χ1v) is 9.81.